The average molecular weight is 258 g/mol. The molecule has 0 N–H and O–H groups in total. The van der Waals surface area contributed by atoms with Crippen molar-refractivity contribution in [1.82, 2.24) is 0 Å². The van der Waals surface area contributed by atoms with E-state index in [2.05, 4.69) is 56.5 Å². The smallest absolute Gasteiger partial charge is 0.126 e. The Morgan fingerprint density at radius 2 is 1.56 bits per heavy atom. The van der Waals surface area contributed by atoms with E-state index in [1.807, 2.05) is 0 Å². The van der Waals surface area contributed by atoms with Crippen LogP contribution in [-0.4, -0.2) is 13.4 Å². The Bertz CT molecular complexity index is 544. The predicted octanol–water partition coefficient (Wildman–Crippen LogP) is 4.70. The minimum Gasteiger partial charge on any atom is -0.496 e. The van der Waals surface area contributed by atoms with Crippen molar-refractivity contribution >= 4 is 11.8 Å². The minimum absolute atomic E-state index is 0.940. The van der Waals surface area contributed by atoms with Crippen LogP contribution in [0, 0.1) is 13.8 Å². The van der Waals surface area contributed by atoms with Gasteiger partial charge in [-0.15, -0.1) is 11.8 Å². The third-order valence-corrected chi connectivity index (χ3v) is 3.96. The molecule has 94 valence electrons. The highest BCUT2D eigenvalue weighted by Gasteiger charge is 2.08. The monoisotopic (exact) mass is 258 g/mol. The fourth-order valence-corrected chi connectivity index (χ4v) is 2.36. The van der Waals surface area contributed by atoms with Gasteiger partial charge in [0.2, 0.25) is 0 Å². The van der Waals surface area contributed by atoms with Crippen molar-refractivity contribution < 1.29 is 4.74 Å². The van der Waals surface area contributed by atoms with Gasteiger partial charge in [-0.2, -0.15) is 0 Å². The molecule has 0 radical (unpaired) electrons. The standard InChI is InChI=1S/C16H18OS/c1-11-9-15(16(17-3)10-12(11)2)13-5-7-14(18-4)8-6-13/h5-10H,1-4H3. The van der Waals surface area contributed by atoms with Crippen LogP contribution in [0.2, 0.25) is 0 Å². The van der Waals surface area contributed by atoms with E-state index in [4.69, 9.17) is 4.74 Å². The van der Waals surface area contributed by atoms with E-state index in [1.54, 1.807) is 18.9 Å². The summed E-state index contributed by atoms with van der Waals surface area (Å²) >= 11 is 1.76. The molecular weight excluding hydrogens is 240 g/mol. The molecule has 0 atom stereocenters. The van der Waals surface area contributed by atoms with E-state index in [0.717, 1.165) is 11.3 Å². The van der Waals surface area contributed by atoms with Gasteiger partial charge in [-0.05, 0) is 61.1 Å². The Balaban J connectivity index is 2.51. The molecule has 2 rings (SSSR count). The molecule has 2 heteroatoms. The van der Waals surface area contributed by atoms with E-state index in [0.29, 0.717) is 0 Å². The van der Waals surface area contributed by atoms with Crippen molar-refractivity contribution in [2.75, 3.05) is 13.4 Å². The quantitative estimate of drug-likeness (QED) is 0.738. The summed E-state index contributed by atoms with van der Waals surface area (Å²) in [6.07, 6.45) is 2.09. The molecule has 0 aromatic heterocycles. The Labute approximate surface area is 113 Å². The van der Waals surface area contributed by atoms with Crippen molar-refractivity contribution in [3.05, 3.63) is 47.5 Å². The molecule has 0 unspecified atom stereocenters. The molecular formula is C16H18OS. The molecule has 0 amide bonds. The maximum atomic E-state index is 5.49. The Hall–Kier alpha value is -1.41. The molecule has 0 fully saturated rings. The van der Waals surface area contributed by atoms with E-state index in [9.17, 15) is 0 Å². The summed E-state index contributed by atoms with van der Waals surface area (Å²) in [5.41, 5.74) is 4.91. The van der Waals surface area contributed by atoms with E-state index in [-0.39, 0.29) is 0 Å². The van der Waals surface area contributed by atoms with Gasteiger partial charge < -0.3 is 4.74 Å². The van der Waals surface area contributed by atoms with Crippen LogP contribution < -0.4 is 4.74 Å². The van der Waals surface area contributed by atoms with Gasteiger partial charge in [0.25, 0.3) is 0 Å². The van der Waals surface area contributed by atoms with Gasteiger partial charge >= 0.3 is 0 Å². The van der Waals surface area contributed by atoms with Gasteiger partial charge in [0.15, 0.2) is 0 Å². The first kappa shape index (κ1) is 13.0. The number of ether oxygens (including phenoxy) is 1. The molecule has 2 aromatic carbocycles. The fourth-order valence-electron chi connectivity index (χ4n) is 1.95. The first-order chi connectivity index (χ1) is 8.65. The van der Waals surface area contributed by atoms with Crippen molar-refractivity contribution in [2.24, 2.45) is 0 Å². The Morgan fingerprint density at radius 1 is 0.944 bits per heavy atom. The summed E-state index contributed by atoms with van der Waals surface area (Å²) < 4.78 is 5.49. The summed E-state index contributed by atoms with van der Waals surface area (Å²) in [5.74, 6) is 0.940. The lowest BCUT2D eigenvalue weighted by atomic mass is 9.99. The highest BCUT2D eigenvalue weighted by molar-refractivity contribution is 7.98. The average Bonchev–Trinajstić information content (AvgIpc) is 2.41. The number of hydrogen-bond donors (Lipinski definition) is 0. The Kier molecular flexibility index (Phi) is 3.97. The topological polar surface area (TPSA) is 9.23 Å². The van der Waals surface area contributed by atoms with Gasteiger partial charge in [0.1, 0.15) is 5.75 Å². The second kappa shape index (κ2) is 5.49. The lowest BCUT2D eigenvalue weighted by Crippen LogP contribution is -1.91. The second-order valence-corrected chi connectivity index (χ2v) is 5.24. The molecule has 0 heterocycles. The highest BCUT2D eigenvalue weighted by Crippen LogP contribution is 2.33. The maximum absolute atomic E-state index is 5.49. The molecule has 2 aromatic rings. The zero-order valence-corrected chi connectivity index (χ0v) is 12.1. The minimum atomic E-state index is 0.940. The van der Waals surface area contributed by atoms with Crippen LogP contribution in [0.3, 0.4) is 0 Å². The molecule has 0 aliphatic carbocycles. The first-order valence-corrected chi connectivity index (χ1v) is 7.18. The Morgan fingerprint density at radius 3 is 2.11 bits per heavy atom. The van der Waals surface area contributed by atoms with Crippen LogP contribution in [0.25, 0.3) is 11.1 Å². The predicted molar refractivity (Wildman–Crippen MR) is 79.7 cm³/mol. The summed E-state index contributed by atoms with van der Waals surface area (Å²) in [6.45, 7) is 4.24. The molecule has 0 saturated carbocycles. The summed E-state index contributed by atoms with van der Waals surface area (Å²) in [7, 11) is 1.73. The van der Waals surface area contributed by atoms with Gasteiger partial charge in [-0.3, -0.25) is 0 Å². The maximum Gasteiger partial charge on any atom is 0.126 e. The zero-order chi connectivity index (χ0) is 13.1. The van der Waals surface area contributed by atoms with Crippen molar-refractivity contribution in [3.8, 4) is 16.9 Å². The van der Waals surface area contributed by atoms with Gasteiger partial charge in [0, 0.05) is 10.5 Å². The molecule has 1 nitrogen and oxygen atoms in total. The molecule has 0 saturated heterocycles. The molecule has 0 aliphatic rings. The molecule has 18 heavy (non-hydrogen) atoms. The number of thioether (sulfide) groups is 1. The molecule has 0 spiro atoms. The lowest BCUT2D eigenvalue weighted by molar-refractivity contribution is 0.416. The number of methoxy groups -OCH3 is 1. The highest BCUT2D eigenvalue weighted by atomic mass is 32.2. The molecule has 0 aliphatic heterocycles. The summed E-state index contributed by atoms with van der Waals surface area (Å²) in [4.78, 5) is 1.28. The number of rotatable bonds is 3. The SMILES string of the molecule is COc1cc(C)c(C)cc1-c1ccc(SC)cc1. The van der Waals surface area contributed by atoms with Crippen LogP contribution in [0.4, 0.5) is 0 Å². The third-order valence-electron chi connectivity index (χ3n) is 3.22. The van der Waals surface area contributed by atoms with Crippen molar-refractivity contribution in [1.29, 1.82) is 0 Å². The van der Waals surface area contributed by atoms with Crippen LogP contribution in [0.1, 0.15) is 11.1 Å². The van der Waals surface area contributed by atoms with Gasteiger partial charge in [-0.25, -0.2) is 0 Å². The van der Waals surface area contributed by atoms with Crippen LogP contribution in [0.15, 0.2) is 41.3 Å². The summed E-state index contributed by atoms with van der Waals surface area (Å²) in [5, 5.41) is 0. The van der Waals surface area contributed by atoms with E-state index >= 15 is 0 Å². The number of hydrogen-bond acceptors (Lipinski definition) is 2. The van der Waals surface area contributed by atoms with Crippen molar-refractivity contribution in [3.63, 3.8) is 0 Å². The zero-order valence-electron chi connectivity index (χ0n) is 11.3. The van der Waals surface area contributed by atoms with Gasteiger partial charge in [-0.1, -0.05) is 12.1 Å². The number of benzene rings is 2. The van der Waals surface area contributed by atoms with E-state index < -0.39 is 0 Å². The first-order valence-electron chi connectivity index (χ1n) is 5.95. The fraction of sp³-hybridized carbons (Fsp3) is 0.250. The molecule has 0 bridgehead atoms. The van der Waals surface area contributed by atoms with Gasteiger partial charge in [0.05, 0.1) is 7.11 Å². The van der Waals surface area contributed by atoms with Crippen LogP contribution in [0.5, 0.6) is 5.75 Å². The van der Waals surface area contributed by atoms with Crippen LogP contribution in [-0.2, 0) is 0 Å². The second-order valence-electron chi connectivity index (χ2n) is 4.37. The van der Waals surface area contributed by atoms with Crippen molar-refractivity contribution in [2.45, 2.75) is 18.7 Å². The largest absolute Gasteiger partial charge is 0.496 e. The summed E-state index contributed by atoms with van der Waals surface area (Å²) in [6, 6.07) is 12.9. The van der Waals surface area contributed by atoms with Crippen LogP contribution >= 0.6 is 11.8 Å². The normalized spacial score (nSPS) is 10.4. The lowest BCUT2D eigenvalue weighted by Gasteiger charge is -2.12. The number of aryl methyl sites for hydroxylation is 2. The third kappa shape index (κ3) is 2.54. The van der Waals surface area contributed by atoms with E-state index in [1.165, 1.54) is 21.6 Å².